The van der Waals surface area contributed by atoms with Crippen molar-refractivity contribution in [3.05, 3.63) is 52.0 Å². The van der Waals surface area contributed by atoms with Crippen LogP contribution in [0.15, 0.2) is 35.7 Å². The first-order valence-corrected chi connectivity index (χ1v) is 12.7. The third-order valence-corrected chi connectivity index (χ3v) is 6.79. The van der Waals surface area contributed by atoms with Gasteiger partial charge in [0.1, 0.15) is 18.4 Å². The number of aromatic nitrogens is 2. The second-order valence-corrected chi connectivity index (χ2v) is 9.89. The molecule has 2 N–H and O–H groups in total. The number of fused-ring (bicyclic) bond motifs is 1. The van der Waals surface area contributed by atoms with E-state index < -0.39 is 6.04 Å². The van der Waals surface area contributed by atoms with Crippen molar-refractivity contribution in [2.45, 2.75) is 65.5 Å². The van der Waals surface area contributed by atoms with Gasteiger partial charge in [0.15, 0.2) is 0 Å². The van der Waals surface area contributed by atoms with Gasteiger partial charge in [0.2, 0.25) is 5.91 Å². The monoisotopic (exact) mass is 479 g/mol. The Morgan fingerprint density at radius 1 is 1.21 bits per heavy atom. The first-order chi connectivity index (χ1) is 16.4. The summed E-state index contributed by atoms with van der Waals surface area (Å²) in [4.78, 5) is 31.7. The highest BCUT2D eigenvalue weighted by atomic mass is 32.1. The molecule has 0 saturated carbocycles. The number of carbonyl (C=O) groups excluding carboxylic acids is 2. The Morgan fingerprint density at radius 3 is 2.59 bits per heavy atom. The molecule has 2 amide bonds. The van der Waals surface area contributed by atoms with Gasteiger partial charge in [-0.15, -0.1) is 11.3 Å². The number of hydrogen-bond acceptors (Lipinski definition) is 5. The molecule has 0 fully saturated rings. The highest BCUT2D eigenvalue weighted by Gasteiger charge is 2.23. The summed E-state index contributed by atoms with van der Waals surface area (Å²) in [5, 5.41) is 16.2. The third-order valence-electron chi connectivity index (χ3n) is 5.92. The summed E-state index contributed by atoms with van der Waals surface area (Å²) in [6.07, 6.45) is 3.23. The molecule has 1 aromatic carbocycles. The van der Waals surface area contributed by atoms with E-state index in [0.717, 1.165) is 36.1 Å². The molecule has 2 heterocycles. The zero-order chi connectivity index (χ0) is 24.7. The summed E-state index contributed by atoms with van der Waals surface area (Å²) in [6, 6.07) is 11.3. The first kappa shape index (κ1) is 25.4. The van der Waals surface area contributed by atoms with Gasteiger partial charge in [-0.2, -0.15) is 5.26 Å². The Kier molecular flexibility index (Phi) is 8.83. The van der Waals surface area contributed by atoms with Crippen LogP contribution >= 0.6 is 11.3 Å². The third kappa shape index (κ3) is 6.03. The maximum Gasteiger partial charge on any atom is 0.252 e. The number of benzene rings is 1. The summed E-state index contributed by atoms with van der Waals surface area (Å²) in [6.45, 7) is 8.26. The van der Waals surface area contributed by atoms with Gasteiger partial charge in [-0.05, 0) is 54.8 Å². The van der Waals surface area contributed by atoms with Crippen molar-refractivity contribution in [3.8, 4) is 6.07 Å². The average molecular weight is 480 g/mol. The topological polar surface area (TPSA) is 99.8 Å². The largest absolute Gasteiger partial charge is 0.341 e. The Hall–Kier alpha value is -3.18. The van der Waals surface area contributed by atoms with E-state index in [1.54, 1.807) is 23.5 Å². The van der Waals surface area contributed by atoms with Gasteiger partial charge in [-0.25, -0.2) is 4.98 Å². The van der Waals surface area contributed by atoms with Crippen LogP contribution in [0.2, 0.25) is 0 Å². The van der Waals surface area contributed by atoms with Crippen LogP contribution in [0.1, 0.15) is 74.1 Å². The van der Waals surface area contributed by atoms with E-state index in [1.807, 2.05) is 32.0 Å². The number of hydrogen-bond donors (Lipinski definition) is 2. The van der Waals surface area contributed by atoms with Crippen molar-refractivity contribution in [2.75, 3.05) is 6.54 Å². The lowest BCUT2D eigenvalue weighted by Gasteiger charge is -2.20. The fourth-order valence-electron chi connectivity index (χ4n) is 4.24. The smallest absolute Gasteiger partial charge is 0.252 e. The number of amides is 2. The standard InChI is InChI=1S/C26H33N5O2S/c1-5-19(6-2)31-23-10-9-18(15-21(23)29-24(31)16-20-8-7-13-34-20)25(32)30-22(14-17(3)4)26(33)28-12-11-27/h7-10,13,15,17,19,22H,5-6,12,14,16H2,1-4H3,(H,28,33)(H,30,32)/t22-/m0/s1. The number of carbonyl (C=O) groups is 2. The molecule has 0 saturated heterocycles. The van der Waals surface area contributed by atoms with Crippen LogP contribution in [0.25, 0.3) is 11.0 Å². The van der Waals surface area contributed by atoms with Gasteiger partial charge in [-0.3, -0.25) is 9.59 Å². The van der Waals surface area contributed by atoms with E-state index in [9.17, 15) is 9.59 Å². The van der Waals surface area contributed by atoms with Crippen LogP contribution in [-0.2, 0) is 11.2 Å². The molecule has 34 heavy (non-hydrogen) atoms. The first-order valence-electron chi connectivity index (χ1n) is 11.9. The van der Waals surface area contributed by atoms with E-state index in [4.69, 9.17) is 10.2 Å². The molecule has 0 aliphatic carbocycles. The SMILES string of the molecule is CCC(CC)n1c(Cc2cccs2)nc2cc(C(=O)N[C@@H](CC(C)C)C(=O)NCC#N)ccc21. The normalized spacial score (nSPS) is 12.1. The van der Waals surface area contributed by atoms with E-state index >= 15 is 0 Å². The maximum absolute atomic E-state index is 13.1. The molecule has 0 unspecified atom stereocenters. The number of nitrogens with zero attached hydrogens (tertiary/aromatic N) is 3. The van der Waals surface area contributed by atoms with Crippen LogP contribution in [0.3, 0.4) is 0 Å². The van der Waals surface area contributed by atoms with E-state index in [1.165, 1.54) is 4.88 Å². The predicted molar refractivity (Wildman–Crippen MR) is 136 cm³/mol. The molecule has 8 heteroatoms. The minimum atomic E-state index is -0.701. The number of rotatable bonds is 11. The molecule has 180 valence electrons. The fourth-order valence-corrected chi connectivity index (χ4v) is 4.94. The highest BCUT2D eigenvalue weighted by Crippen LogP contribution is 2.28. The number of thiophene rings is 1. The molecule has 0 aliphatic heterocycles. The molecule has 2 aromatic heterocycles. The Morgan fingerprint density at radius 2 is 1.97 bits per heavy atom. The lowest BCUT2D eigenvalue weighted by molar-refractivity contribution is -0.123. The second-order valence-electron chi connectivity index (χ2n) is 8.86. The van der Waals surface area contributed by atoms with Crippen LogP contribution in [-0.4, -0.2) is 34.0 Å². The van der Waals surface area contributed by atoms with E-state index in [0.29, 0.717) is 18.0 Å². The van der Waals surface area contributed by atoms with Gasteiger partial charge >= 0.3 is 0 Å². The Labute approximate surface area is 205 Å². The van der Waals surface area contributed by atoms with Crippen LogP contribution < -0.4 is 10.6 Å². The van der Waals surface area contributed by atoms with Crippen molar-refractivity contribution < 1.29 is 9.59 Å². The van der Waals surface area contributed by atoms with Gasteiger partial charge in [0.25, 0.3) is 5.91 Å². The molecular weight excluding hydrogens is 446 g/mol. The molecule has 0 spiro atoms. The number of imidazole rings is 1. The fraction of sp³-hybridized carbons (Fsp3) is 0.462. The van der Waals surface area contributed by atoms with Crippen molar-refractivity contribution in [1.29, 1.82) is 5.26 Å². The zero-order valence-electron chi connectivity index (χ0n) is 20.3. The summed E-state index contributed by atoms with van der Waals surface area (Å²) in [5.74, 6) is 0.533. The van der Waals surface area contributed by atoms with Gasteiger partial charge in [0, 0.05) is 22.9 Å². The molecule has 1 atom stereocenters. The summed E-state index contributed by atoms with van der Waals surface area (Å²) < 4.78 is 2.31. The minimum Gasteiger partial charge on any atom is -0.341 e. The van der Waals surface area contributed by atoms with Crippen LogP contribution in [0, 0.1) is 17.2 Å². The van der Waals surface area contributed by atoms with Crippen molar-refractivity contribution >= 4 is 34.2 Å². The Bertz CT molecular complexity index is 1160. The molecule has 0 radical (unpaired) electrons. The van der Waals surface area contributed by atoms with Crippen LogP contribution in [0.4, 0.5) is 0 Å². The van der Waals surface area contributed by atoms with E-state index in [2.05, 4.69) is 40.5 Å². The highest BCUT2D eigenvalue weighted by molar-refractivity contribution is 7.09. The molecule has 3 aromatic rings. The van der Waals surface area contributed by atoms with Gasteiger partial charge < -0.3 is 15.2 Å². The lowest BCUT2D eigenvalue weighted by atomic mass is 10.0. The summed E-state index contributed by atoms with van der Waals surface area (Å²) in [5.41, 5.74) is 2.26. The molecule has 0 bridgehead atoms. The molecule has 0 aliphatic rings. The van der Waals surface area contributed by atoms with Crippen molar-refractivity contribution in [3.63, 3.8) is 0 Å². The lowest BCUT2D eigenvalue weighted by Crippen LogP contribution is -2.47. The molecule has 7 nitrogen and oxygen atoms in total. The zero-order valence-corrected chi connectivity index (χ0v) is 21.1. The van der Waals surface area contributed by atoms with E-state index in [-0.39, 0.29) is 24.3 Å². The molecule has 3 rings (SSSR count). The van der Waals surface area contributed by atoms with Crippen molar-refractivity contribution in [2.24, 2.45) is 5.92 Å². The van der Waals surface area contributed by atoms with Crippen molar-refractivity contribution in [1.82, 2.24) is 20.2 Å². The Balaban J connectivity index is 1.92. The van der Waals surface area contributed by atoms with Gasteiger partial charge in [0.05, 0.1) is 17.1 Å². The molecular formula is C26H33N5O2S. The second kappa shape index (κ2) is 11.8. The average Bonchev–Trinajstić information content (AvgIpc) is 3.45. The number of nitriles is 1. The maximum atomic E-state index is 13.1. The predicted octanol–water partition coefficient (Wildman–Crippen LogP) is 4.83. The number of nitrogens with one attached hydrogen (secondary N) is 2. The summed E-state index contributed by atoms with van der Waals surface area (Å²) >= 11 is 1.72. The minimum absolute atomic E-state index is 0.0876. The van der Waals surface area contributed by atoms with Crippen LogP contribution in [0.5, 0.6) is 0 Å². The van der Waals surface area contributed by atoms with Gasteiger partial charge in [-0.1, -0.05) is 33.8 Å². The quantitative estimate of drug-likeness (QED) is 0.385. The summed E-state index contributed by atoms with van der Waals surface area (Å²) in [7, 11) is 0.